The number of nitrogens with zero attached hydrogens (tertiary/aromatic N) is 3. The van der Waals surface area contributed by atoms with Gasteiger partial charge in [-0.3, -0.25) is 0 Å². The van der Waals surface area contributed by atoms with Crippen LogP contribution in [0, 0.1) is 6.92 Å². The molecule has 0 unspecified atom stereocenters. The number of hydrogen-bond acceptors (Lipinski definition) is 4. The van der Waals surface area contributed by atoms with E-state index in [1.165, 1.54) is 5.56 Å². The van der Waals surface area contributed by atoms with Crippen molar-refractivity contribution in [2.24, 2.45) is 0 Å². The Morgan fingerprint density at radius 2 is 1.96 bits per heavy atom. The van der Waals surface area contributed by atoms with E-state index >= 15 is 0 Å². The van der Waals surface area contributed by atoms with Gasteiger partial charge in [-0.15, -0.1) is 5.10 Å². The highest BCUT2D eigenvalue weighted by Gasteiger charge is 2.20. The summed E-state index contributed by atoms with van der Waals surface area (Å²) in [4.78, 5) is 11.2. The number of carboxylic acids is 1. The third-order valence-corrected chi connectivity index (χ3v) is 3.58. The van der Waals surface area contributed by atoms with Crippen LogP contribution in [0.25, 0.3) is 0 Å². The zero-order valence-corrected chi connectivity index (χ0v) is 13.8. The molecule has 2 aromatic rings. The minimum absolute atomic E-state index is 0.0518. The van der Waals surface area contributed by atoms with E-state index in [4.69, 9.17) is 9.84 Å². The first kappa shape index (κ1) is 17.0. The summed E-state index contributed by atoms with van der Waals surface area (Å²) in [5.41, 5.74) is 1.94. The van der Waals surface area contributed by atoms with E-state index in [9.17, 15) is 4.79 Å². The molecule has 0 aliphatic heterocycles. The van der Waals surface area contributed by atoms with Crippen molar-refractivity contribution >= 4 is 5.97 Å². The lowest BCUT2D eigenvalue weighted by molar-refractivity contribution is 0.0688. The van der Waals surface area contributed by atoms with E-state index in [2.05, 4.69) is 10.3 Å². The molecule has 0 fully saturated rings. The topological polar surface area (TPSA) is 77.2 Å². The highest BCUT2D eigenvalue weighted by atomic mass is 16.5. The van der Waals surface area contributed by atoms with Gasteiger partial charge in [-0.05, 0) is 37.8 Å². The second-order valence-corrected chi connectivity index (χ2v) is 5.87. The molecule has 0 atom stereocenters. The van der Waals surface area contributed by atoms with Crippen molar-refractivity contribution in [3.63, 3.8) is 0 Å². The number of hydrogen-bond donors (Lipinski definition) is 1. The number of ether oxygens (including phenoxy) is 1. The number of benzene rings is 1. The van der Waals surface area contributed by atoms with Crippen LogP contribution in [0.15, 0.2) is 24.3 Å². The van der Waals surface area contributed by atoms with E-state index in [1.54, 1.807) is 4.68 Å². The van der Waals surface area contributed by atoms with Crippen molar-refractivity contribution in [2.75, 3.05) is 6.61 Å². The molecule has 0 aliphatic rings. The Morgan fingerprint density at radius 1 is 1.26 bits per heavy atom. The van der Waals surface area contributed by atoms with Crippen LogP contribution in [0.3, 0.4) is 0 Å². The predicted octanol–water partition coefficient (Wildman–Crippen LogP) is 3.27. The van der Waals surface area contributed by atoms with Gasteiger partial charge in [0.1, 0.15) is 5.75 Å². The van der Waals surface area contributed by atoms with Crippen molar-refractivity contribution in [2.45, 2.75) is 46.1 Å². The van der Waals surface area contributed by atoms with E-state index < -0.39 is 5.97 Å². The second kappa shape index (κ2) is 7.76. The summed E-state index contributed by atoms with van der Waals surface area (Å²) < 4.78 is 7.38. The smallest absolute Gasteiger partial charge is 0.358 e. The maximum absolute atomic E-state index is 11.2. The fourth-order valence-electron chi connectivity index (χ4n) is 2.40. The number of unbranched alkanes of at least 4 members (excludes halogenated alkanes) is 1. The molecule has 2 rings (SSSR count). The summed E-state index contributed by atoms with van der Waals surface area (Å²) in [5.74, 6) is -0.0880. The fourth-order valence-corrected chi connectivity index (χ4v) is 2.40. The molecule has 0 aliphatic carbocycles. The van der Waals surface area contributed by atoms with Gasteiger partial charge in [0.25, 0.3) is 0 Å². The van der Waals surface area contributed by atoms with E-state index in [-0.39, 0.29) is 11.6 Å². The molecule has 0 bridgehead atoms. The minimum Gasteiger partial charge on any atom is -0.494 e. The zero-order chi connectivity index (χ0) is 16.8. The summed E-state index contributed by atoms with van der Waals surface area (Å²) >= 11 is 0. The van der Waals surface area contributed by atoms with Crippen molar-refractivity contribution in [3.8, 4) is 5.75 Å². The van der Waals surface area contributed by atoms with Crippen molar-refractivity contribution in [1.29, 1.82) is 0 Å². The Morgan fingerprint density at radius 3 is 2.57 bits per heavy atom. The van der Waals surface area contributed by atoms with Gasteiger partial charge in [0, 0.05) is 6.54 Å². The molecule has 6 nitrogen and oxygen atoms in total. The summed E-state index contributed by atoms with van der Waals surface area (Å²) in [5, 5.41) is 16.9. The molecule has 1 aromatic carbocycles. The lowest BCUT2D eigenvalue weighted by atomic mass is 10.1. The van der Waals surface area contributed by atoms with Crippen LogP contribution in [-0.2, 0) is 6.54 Å². The van der Waals surface area contributed by atoms with Crippen LogP contribution in [0.2, 0.25) is 0 Å². The number of aromatic nitrogens is 3. The van der Waals surface area contributed by atoms with Gasteiger partial charge in [-0.2, -0.15) is 0 Å². The summed E-state index contributed by atoms with van der Waals surface area (Å²) in [6, 6.07) is 7.96. The SMILES string of the molecule is Cc1ccc(OCCCCn2nnc(C(=O)O)c2C(C)C)cc1. The molecule has 1 heterocycles. The molecule has 0 saturated heterocycles. The van der Waals surface area contributed by atoms with Crippen LogP contribution >= 0.6 is 0 Å². The molecular weight excluding hydrogens is 294 g/mol. The Bertz CT molecular complexity index is 648. The van der Waals surface area contributed by atoms with Crippen LogP contribution < -0.4 is 4.74 Å². The van der Waals surface area contributed by atoms with Gasteiger partial charge in [0.2, 0.25) is 0 Å². The zero-order valence-electron chi connectivity index (χ0n) is 13.8. The average Bonchev–Trinajstić information content (AvgIpc) is 2.93. The number of rotatable bonds is 8. The van der Waals surface area contributed by atoms with E-state index in [0.29, 0.717) is 18.8 Å². The monoisotopic (exact) mass is 317 g/mol. The second-order valence-electron chi connectivity index (χ2n) is 5.87. The van der Waals surface area contributed by atoms with Crippen LogP contribution in [0.1, 0.15) is 54.4 Å². The van der Waals surface area contributed by atoms with Gasteiger partial charge < -0.3 is 9.84 Å². The molecule has 0 amide bonds. The van der Waals surface area contributed by atoms with Crippen molar-refractivity contribution in [3.05, 3.63) is 41.2 Å². The standard InChI is InChI=1S/C17H23N3O3/c1-12(2)16-15(17(21)22)18-19-20(16)10-4-5-11-23-14-8-6-13(3)7-9-14/h6-9,12H,4-5,10-11H2,1-3H3,(H,21,22). The van der Waals surface area contributed by atoms with Gasteiger partial charge in [-0.1, -0.05) is 36.8 Å². The molecule has 0 radical (unpaired) electrons. The molecule has 0 saturated carbocycles. The third-order valence-electron chi connectivity index (χ3n) is 3.58. The highest BCUT2D eigenvalue weighted by Crippen LogP contribution is 2.18. The largest absolute Gasteiger partial charge is 0.494 e. The Balaban J connectivity index is 1.82. The third kappa shape index (κ3) is 4.55. The van der Waals surface area contributed by atoms with E-state index in [1.807, 2.05) is 45.0 Å². The quantitative estimate of drug-likeness (QED) is 0.756. The Hall–Kier alpha value is -2.37. The minimum atomic E-state index is -1.03. The van der Waals surface area contributed by atoms with Gasteiger partial charge in [0.05, 0.1) is 12.3 Å². The van der Waals surface area contributed by atoms with Gasteiger partial charge in [-0.25, -0.2) is 9.48 Å². The summed E-state index contributed by atoms with van der Waals surface area (Å²) in [6.07, 6.45) is 1.72. The number of aromatic carboxylic acids is 1. The van der Waals surface area contributed by atoms with E-state index in [0.717, 1.165) is 18.6 Å². The van der Waals surface area contributed by atoms with Crippen LogP contribution in [0.4, 0.5) is 0 Å². The molecule has 0 spiro atoms. The van der Waals surface area contributed by atoms with Crippen molar-refractivity contribution in [1.82, 2.24) is 15.0 Å². The first-order valence-corrected chi connectivity index (χ1v) is 7.85. The number of carboxylic acid groups (broad SMARTS) is 1. The van der Waals surface area contributed by atoms with Crippen molar-refractivity contribution < 1.29 is 14.6 Å². The maximum Gasteiger partial charge on any atom is 0.358 e. The van der Waals surface area contributed by atoms with Crippen LogP contribution in [0.5, 0.6) is 5.75 Å². The van der Waals surface area contributed by atoms with Crippen LogP contribution in [-0.4, -0.2) is 32.7 Å². The summed E-state index contributed by atoms with van der Waals surface area (Å²) in [7, 11) is 0. The molecule has 1 aromatic heterocycles. The maximum atomic E-state index is 11.2. The Kier molecular flexibility index (Phi) is 5.73. The molecule has 23 heavy (non-hydrogen) atoms. The molecule has 124 valence electrons. The Labute approximate surface area is 136 Å². The van der Waals surface area contributed by atoms with Gasteiger partial charge in [0.15, 0.2) is 5.69 Å². The average molecular weight is 317 g/mol. The lowest BCUT2D eigenvalue weighted by Gasteiger charge is -2.10. The molecule has 1 N–H and O–H groups in total. The molecule has 6 heteroatoms. The molecular formula is C17H23N3O3. The summed E-state index contributed by atoms with van der Waals surface area (Å²) in [6.45, 7) is 7.20. The predicted molar refractivity (Wildman–Crippen MR) is 87.0 cm³/mol. The number of aryl methyl sites for hydroxylation is 2. The van der Waals surface area contributed by atoms with Gasteiger partial charge >= 0.3 is 5.97 Å². The number of carbonyl (C=O) groups is 1. The normalized spacial score (nSPS) is 11.0. The lowest BCUT2D eigenvalue weighted by Crippen LogP contribution is -2.11. The fraction of sp³-hybridized carbons (Fsp3) is 0.471. The first-order chi connectivity index (χ1) is 11.0. The first-order valence-electron chi connectivity index (χ1n) is 7.85. The highest BCUT2D eigenvalue weighted by molar-refractivity contribution is 5.86.